The topological polar surface area (TPSA) is 49.9 Å². The number of nitrogens with zero attached hydrogens (tertiary/aromatic N) is 2. The van der Waals surface area contributed by atoms with Crippen LogP contribution in [0.25, 0.3) is 5.57 Å². The molecular formula is C28H32N2O3. The first kappa shape index (κ1) is 21.7. The Bertz CT molecular complexity index is 1080. The van der Waals surface area contributed by atoms with E-state index < -0.39 is 0 Å². The normalized spacial score (nSPS) is 20.0. The van der Waals surface area contributed by atoms with Crippen molar-refractivity contribution in [3.8, 4) is 5.75 Å². The summed E-state index contributed by atoms with van der Waals surface area (Å²) in [4.78, 5) is 31.6. The molecule has 0 aromatic heterocycles. The van der Waals surface area contributed by atoms with Crippen molar-refractivity contribution in [2.24, 2.45) is 0 Å². The van der Waals surface area contributed by atoms with Gasteiger partial charge in [-0.05, 0) is 36.5 Å². The molecule has 5 nitrogen and oxygen atoms in total. The van der Waals surface area contributed by atoms with Gasteiger partial charge in [-0.2, -0.15) is 0 Å². The van der Waals surface area contributed by atoms with Crippen molar-refractivity contribution >= 4 is 17.4 Å². The summed E-state index contributed by atoms with van der Waals surface area (Å²) in [5, 5.41) is 0. The summed E-state index contributed by atoms with van der Waals surface area (Å²) in [6.45, 7) is 1.37. The standard InChI is InChI=1S/C28H32N2O3/c1-33-24-16-10-9-15-23(24)25-26(29-18-17-20-11-7-8-12-21(20)19-29)28(32)30(27(25)31)22-13-5-3-2-4-6-14-22/h7-12,15-16,22H,2-6,13-14,17-19H2,1H3. The molecule has 2 aromatic rings. The van der Waals surface area contributed by atoms with Gasteiger partial charge >= 0.3 is 0 Å². The lowest BCUT2D eigenvalue weighted by Gasteiger charge is -2.33. The number of benzene rings is 2. The molecule has 5 rings (SSSR count). The van der Waals surface area contributed by atoms with Crippen LogP contribution in [0.15, 0.2) is 54.2 Å². The summed E-state index contributed by atoms with van der Waals surface area (Å²) in [6, 6.07) is 15.9. The van der Waals surface area contributed by atoms with E-state index in [9.17, 15) is 9.59 Å². The second-order valence-electron chi connectivity index (χ2n) is 9.34. The number of fused-ring (bicyclic) bond motifs is 1. The Balaban J connectivity index is 1.57. The van der Waals surface area contributed by atoms with E-state index >= 15 is 0 Å². The van der Waals surface area contributed by atoms with Crippen LogP contribution in [0.3, 0.4) is 0 Å². The molecular weight excluding hydrogens is 412 g/mol. The van der Waals surface area contributed by atoms with Crippen LogP contribution in [0.1, 0.15) is 61.6 Å². The van der Waals surface area contributed by atoms with E-state index in [2.05, 4.69) is 23.1 Å². The Hall–Kier alpha value is -3.08. The maximum atomic E-state index is 14.0. The van der Waals surface area contributed by atoms with Crippen molar-refractivity contribution in [1.82, 2.24) is 9.80 Å². The molecule has 1 aliphatic carbocycles. The smallest absolute Gasteiger partial charge is 0.278 e. The molecule has 2 heterocycles. The lowest BCUT2D eigenvalue weighted by Crippen LogP contribution is -2.43. The summed E-state index contributed by atoms with van der Waals surface area (Å²) < 4.78 is 5.62. The zero-order valence-electron chi connectivity index (χ0n) is 19.4. The maximum Gasteiger partial charge on any atom is 0.278 e. The van der Waals surface area contributed by atoms with Crippen molar-refractivity contribution in [2.75, 3.05) is 13.7 Å². The molecule has 1 saturated carbocycles. The Labute approximate surface area is 196 Å². The number of carbonyl (C=O) groups is 2. The minimum Gasteiger partial charge on any atom is -0.496 e. The molecule has 0 atom stereocenters. The Morgan fingerprint density at radius 3 is 2.24 bits per heavy atom. The van der Waals surface area contributed by atoms with Crippen LogP contribution < -0.4 is 4.74 Å². The average molecular weight is 445 g/mol. The Morgan fingerprint density at radius 1 is 0.818 bits per heavy atom. The minimum absolute atomic E-state index is 0.0235. The van der Waals surface area contributed by atoms with E-state index in [4.69, 9.17) is 4.74 Å². The van der Waals surface area contributed by atoms with Crippen molar-refractivity contribution < 1.29 is 14.3 Å². The van der Waals surface area contributed by atoms with E-state index in [-0.39, 0.29) is 17.9 Å². The molecule has 0 unspecified atom stereocenters. The third kappa shape index (κ3) is 4.05. The van der Waals surface area contributed by atoms with Gasteiger partial charge in [-0.1, -0.05) is 74.6 Å². The fraction of sp³-hybridized carbons (Fsp3) is 0.429. The number of para-hydroxylation sites is 1. The lowest BCUT2D eigenvalue weighted by molar-refractivity contribution is -0.140. The first-order valence-corrected chi connectivity index (χ1v) is 12.3. The molecule has 0 bridgehead atoms. The average Bonchev–Trinajstić information content (AvgIpc) is 3.08. The monoisotopic (exact) mass is 444 g/mol. The Morgan fingerprint density at radius 2 is 1.48 bits per heavy atom. The van der Waals surface area contributed by atoms with Gasteiger partial charge < -0.3 is 9.64 Å². The fourth-order valence-corrected chi connectivity index (χ4v) is 5.63. The summed E-state index contributed by atoms with van der Waals surface area (Å²) in [5.74, 6) is 0.331. The summed E-state index contributed by atoms with van der Waals surface area (Å²) in [5.41, 5.74) is 4.29. The molecule has 2 aliphatic heterocycles. The molecule has 3 aliphatic rings. The number of imide groups is 1. The highest BCUT2D eigenvalue weighted by atomic mass is 16.5. The number of hydrogen-bond donors (Lipinski definition) is 0. The van der Waals surface area contributed by atoms with Gasteiger partial charge in [0.15, 0.2) is 0 Å². The molecule has 2 amide bonds. The van der Waals surface area contributed by atoms with Gasteiger partial charge in [0.05, 0.1) is 12.7 Å². The number of carbonyl (C=O) groups excluding carboxylic acids is 2. The maximum absolute atomic E-state index is 14.0. The Kier molecular flexibility index (Phi) is 6.21. The predicted octanol–water partition coefficient (Wildman–Crippen LogP) is 4.95. The first-order valence-electron chi connectivity index (χ1n) is 12.3. The molecule has 0 saturated heterocycles. The van der Waals surface area contributed by atoms with Crippen LogP contribution >= 0.6 is 0 Å². The van der Waals surface area contributed by atoms with Gasteiger partial charge in [0, 0.05) is 24.7 Å². The SMILES string of the molecule is COc1ccccc1C1=C(N2CCc3ccccc3C2)C(=O)N(C2CCCCCCC2)C1=O. The van der Waals surface area contributed by atoms with Crippen molar-refractivity contribution in [3.05, 3.63) is 70.9 Å². The molecule has 0 radical (unpaired) electrons. The van der Waals surface area contributed by atoms with E-state index in [0.717, 1.165) is 38.6 Å². The number of methoxy groups -OCH3 is 1. The summed E-state index contributed by atoms with van der Waals surface area (Å²) in [6.07, 6.45) is 8.39. The van der Waals surface area contributed by atoms with Crippen LogP contribution in [0.5, 0.6) is 5.75 Å². The summed E-state index contributed by atoms with van der Waals surface area (Å²) in [7, 11) is 1.62. The zero-order chi connectivity index (χ0) is 22.8. The van der Waals surface area contributed by atoms with E-state index in [1.165, 1.54) is 30.4 Å². The summed E-state index contributed by atoms with van der Waals surface area (Å²) >= 11 is 0. The van der Waals surface area contributed by atoms with E-state index in [1.54, 1.807) is 12.0 Å². The third-order valence-electron chi connectivity index (χ3n) is 7.35. The number of rotatable bonds is 4. The third-order valence-corrected chi connectivity index (χ3v) is 7.35. The molecule has 172 valence electrons. The zero-order valence-corrected chi connectivity index (χ0v) is 19.4. The van der Waals surface area contributed by atoms with Gasteiger partial charge in [0.2, 0.25) is 0 Å². The van der Waals surface area contributed by atoms with E-state index in [0.29, 0.717) is 29.1 Å². The van der Waals surface area contributed by atoms with Gasteiger partial charge in [-0.25, -0.2) is 0 Å². The quantitative estimate of drug-likeness (QED) is 0.627. The van der Waals surface area contributed by atoms with Gasteiger partial charge in [-0.3, -0.25) is 14.5 Å². The second-order valence-corrected chi connectivity index (χ2v) is 9.34. The van der Waals surface area contributed by atoms with Gasteiger partial charge in [-0.15, -0.1) is 0 Å². The van der Waals surface area contributed by atoms with Crippen molar-refractivity contribution in [2.45, 2.75) is 64.0 Å². The van der Waals surface area contributed by atoms with Crippen LogP contribution in [0, 0.1) is 0 Å². The fourth-order valence-electron chi connectivity index (χ4n) is 5.63. The highest BCUT2D eigenvalue weighted by Gasteiger charge is 2.45. The molecule has 33 heavy (non-hydrogen) atoms. The van der Waals surface area contributed by atoms with Gasteiger partial charge in [0.25, 0.3) is 11.8 Å². The predicted molar refractivity (Wildman–Crippen MR) is 128 cm³/mol. The number of hydrogen-bond acceptors (Lipinski definition) is 4. The number of ether oxygens (including phenoxy) is 1. The van der Waals surface area contributed by atoms with Crippen LogP contribution in [-0.2, 0) is 22.6 Å². The highest BCUT2D eigenvalue weighted by molar-refractivity contribution is 6.36. The minimum atomic E-state index is -0.163. The lowest BCUT2D eigenvalue weighted by atomic mass is 9.95. The first-order chi connectivity index (χ1) is 16.2. The largest absolute Gasteiger partial charge is 0.496 e. The molecule has 1 fully saturated rings. The number of amides is 2. The highest BCUT2D eigenvalue weighted by Crippen LogP contribution is 2.40. The van der Waals surface area contributed by atoms with Gasteiger partial charge in [0.1, 0.15) is 11.4 Å². The molecule has 5 heteroatoms. The van der Waals surface area contributed by atoms with Crippen LogP contribution in [-0.4, -0.2) is 41.3 Å². The molecule has 2 aromatic carbocycles. The molecule has 0 N–H and O–H groups in total. The van der Waals surface area contributed by atoms with E-state index in [1.807, 2.05) is 30.3 Å². The van der Waals surface area contributed by atoms with Crippen LogP contribution in [0.4, 0.5) is 0 Å². The van der Waals surface area contributed by atoms with Crippen LogP contribution in [0.2, 0.25) is 0 Å². The second kappa shape index (κ2) is 9.42. The van der Waals surface area contributed by atoms with Crippen molar-refractivity contribution in [3.63, 3.8) is 0 Å². The molecule has 0 spiro atoms. The van der Waals surface area contributed by atoms with Crippen molar-refractivity contribution in [1.29, 1.82) is 0 Å².